The third kappa shape index (κ3) is 5.63. The summed E-state index contributed by atoms with van der Waals surface area (Å²) in [5.41, 5.74) is 0.600. The van der Waals surface area contributed by atoms with Crippen LogP contribution in [-0.4, -0.2) is 39.5 Å². The normalized spacial score (nSPS) is 10.9. The zero-order chi connectivity index (χ0) is 20.8. The summed E-state index contributed by atoms with van der Waals surface area (Å²) in [5, 5.41) is 10.9. The minimum atomic E-state index is -0.595. The lowest BCUT2D eigenvalue weighted by atomic mass is 10.1. The molecule has 0 saturated heterocycles. The molecule has 1 aromatic carbocycles. The van der Waals surface area contributed by atoms with E-state index in [1.165, 1.54) is 13.3 Å². The Labute approximate surface area is 175 Å². The van der Waals surface area contributed by atoms with Crippen LogP contribution in [0.4, 0.5) is 5.69 Å². The molecule has 11 heteroatoms. The highest BCUT2D eigenvalue weighted by molar-refractivity contribution is 6.33. The molecule has 0 unspecified atom stereocenters. The van der Waals surface area contributed by atoms with Crippen molar-refractivity contribution >= 4 is 34.8 Å². The molecule has 2 heterocycles. The quantitative estimate of drug-likeness (QED) is 0.575. The Hall–Kier alpha value is -2.75. The molecule has 29 heavy (non-hydrogen) atoms. The van der Waals surface area contributed by atoms with E-state index < -0.39 is 11.5 Å². The number of amides is 1. The zero-order valence-corrected chi connectivity index (χ0v) is 16.9. The number of aromatic nitrogens is 4. The number of nitrogens with zero attached hydrogens (tertiary/aromatic N) is 4. The molecule has 0 fully saturated rings. The minimum Gasteiger partial charge on any atom is -0.375 e. The largest absolute Gasteiger partial charge is 0.375 e. The van der Waals surface area contributed by atoms with E-state index in [9.17, 15) is 9.59 Å². The summed E-state index contributed by atoms with van der Waals surface area (Å²) in [6, 6.07) is 7.51. The van der Waals surface area contributed by atoms with Crippen molar-refractivity contribution in [2.45, 2.75) is 19.4 Å². The van der Waals surface area contributed by atoms with Gasteiger partial charge in [0.25, 0.3) is 5.56 Å². The first-order chi connectivity index (χ1) is 14.0. The number of methoxy groups -OCH3 is 1. The van der Waals surface area contributed by atoms with Gasteiger partial charge in [-0.2, -0.15) is 10.1 Å². The molecule has 0 aliphatic carbocycles. The predicted octanol–water partition coefficient (Wildman–Crippen LogP) is 2.35. The number of nitrogens with one attached hydrogen (secondary N) is 1. The summed E-state index contributed by atoms with van der Waals surface area (Å²) in [5.74, 6) is 0.283. The van der Waals surface area contributed by atoms with Crippen LogP contribution in [0.2, 0.25) is 10.0 Å². The molecule has 152 valence electrons. The Morgan fingerprint density at radius 1 is 1.24 bits per heavy atom. The second kappa shape index (κ2) is 9.64. The molecule has 0 bridgehead atoms. The Morgan fingerprint density at radius 3 is 2.72 bits per heavy atom. The van der Waals surface area contributed by atoms with Gasteiger partial charge in [0, 0.05) is 18.6 Å². The molecule has 0 aliphatic heterocycles. The van der Waals surface area contributed by atoms with Crippen molar-refractivity contribution in [2.75, 3.05) is 19.0 Å². The van der Waals surface area contributed by atoms with Gasteiger partial charge in [0.2, 0.25) is 11.8 Å². The van der Waals surface area contributed by atoms with Crippen LogP contribution in [0.25, 0.3) is 0 Å². The molecule has 0 spiro atoms. The van der Waals surface area contributed by atoms with E-state index in [2.05, 4.69) is 20.6 Å². The maximum Gasteiger partial charge on any atom is 0.288 e. The number of benzene rings is 1. The topological polar surface area (TPSA) is 112 Å². The number of hydrogen-bond acceptors (Lipinski definition) is 7. The maximum absolute atomic E-state index is 12.4. The van der Waals surface area contributed by atoms with Crippen molar-refractivity contribution in [1.29, 1.82) is 0 Å². The second-order valence-electron chi connectivity index (χ2n) is 6.05. The summed E-state index contributed by atoms with van der Waals surface area (Å²) >= 11 is 11.9. The molecule has 0 radical (unpaired) electrons. The van der Waals surface area contributed by atoms with Crippen molar-refractivity contribution in [3.05, 3.63) is 68.1 Å². The van der Waals surface area contributed by atoms with E-state index in [0.717, 1.165) is 16.7 Å². The Morgan fingerprint density at radius 2 is 2.00 bits per heavy atom. The van der Waals surface area contributed by atoms with Crippen LogP contribution in [0.15, 0.2) is 39.8 Å². The first-order valence-electron chi connectivity index (χ1n) is 8.56. The number of anilines is 1. The van der Waals surface area contributed by atoms with Gasteiger partial charge in [-0.1, -0.05) is 40.5 Å². The third-order valence-electron chi connectivity index (χ3n) is 3.88. The summed E-state index contributed by atoms with van der Waals surface area (Å²) < 4.78 is 11.0. The van der Waals surface area contributed by atoms with Crippen molar-refractivity contribution in [2.24, 2.45) is 0 Å². The average Bonchev–Trinajstić information content (AvgIpc) is 3.15. The van der Waals surface area contributed by atoms with Gasteiger partial charge in [0.05, 0.1) is 11.9 Å². The fraction of sp³-hybridized carbons (Fsp3) is 0.278. The fourth-order valence-electron chi connectivity index (χ4n) is 2.47. The van der Waals surface area contributed by atoms with Gasteiger partial charge >= 0.3 is 0 Å². The summed E-state index contributed by atoms with van der Waals surface area (Å²) in [7, 11) is 1.38. The highest BCUT2D eigenvalue weighted by Crippen LogP contribution is 2.15. The first-order valence-corrected chi connectivity index (χ1v) is 9.32. The highest BCUT2D eigenvalue weighted by Gasteiger charge is 2.14. The van der Waals surface area contributed by atoms with Crippen LogP contribution < -0.4 is 10.9 Å². The Kier molecular flexibility index (Phi) is 6.97. The van der Waals surface area contributed by atoms with E-state index >= 15 is 0 Å². The Bertz CT molecular complexity index is 1050. The van der Waals surface area contributed by atoms with Gasteiger partial charge in [0.15, 0.2) is 5.82 Å². The van der Waals surface area contributed by atoms with E-state index in [1.54, 1.807) is 0 Å². The molecule has 1 N–H and O–H groups in total. The van der Waals surface area contributed by atoms with E-state index in [4.69, 9.17) is 32.5 Å². The standard InChI is InChI=1S/C18H17Cl2N5O4/c1-28-10-15(26)22-13-8-21-25(18(27)17(13)20)9-16-23-14(24-29-16)7-4-11-2-5-12(19)6-3-11/h2-3,5-6,8H,4,7,9-10H2,1H3,(H,22,26). The highest BCUT2D eigenvalue weighted by atomic mass is 35.5. The van der Waals surface area contributed by atoms with Crippen molar-refractivity contribution in [3.63, 3.8) is 0 Å². The summed E-state index contributed by atoms with van der Waals surface area (Å²) in [6.45, 7) is -0.209. The lowest BCUT2D eigenvalue weighted by Gasteiger charge is -2.07. The van der Waals surface area contributed by atoms with Gasteiger partial charge in [0.1, 0.15) is 18.2 Å². The monoisotopic (exact) mass is 437 g/mol. The molecule has 1 amide bonds. The predicted molar refractivity (Wildman–Crippen MR) is 106 cm³/mol. The van der Waals surface area contributed by atoms with Crippen molar-refractivity contribution < 1.29 is 14.1 Å². The van der Waals surface area contributed by atoms with Crippen LogP contribution in [0.3, 0.4) is 0 Å². The van der Waals surface area contributed by atoms with Crippen molar-refractivity contribution in [3.8, 4) is 0 Å². The maximum atomic E-state index is 12.4. The molecular formula is C18H17Cl2N5O4. The lowest BCUT2D eigenvalue weighted by Crippen LogP contribution is -2.26. The van der Waals surface area contributed by atoms with Gasteiger partial charge in [-0.3, -0.25) is 9.59 Å². The van der Waals surface area contributed by atoms with E-state index in [-0.39, 0.29) is 29.8 Å². The summed E-state index contributed by atoms with van der Waals surface area (Å²) in [4.78, 5) is 28.2. The first kappa shape index (κ1) is 21.0. The van der Waals surface area contributed by atoms with E-state index in [1.807, 2.05) is 24.3 Å². The number of aryl methyl sites for hydroxylation is 2. The molecule has 0 saturated carbocycles. The zero-order valence-electron chi connectivity index (χ0n) is 15.4. The van der Waals surface area contributed by atoms with Crippen LogP contribution in [-0.2, 0) is 28.9 Å². The van der Waals surface area contributed by atoms with Crippen LogP contribution in [0.5, 0.6) is 0 Å². The van der Waals surface area contributed by atoms with Crippen LogP contribution >= 0.6 is 23.2 Å². The van der Waals surface area contributed by atoms with E-state index in [0.29, 0.717) is 17.3 Å². The number of hydrogen-bond donors (Lipinski definition) is 1. The fourth-order valence-corrected chi connectivity index (χ4v) is 2.79. The molecular weight excluding hydrogens is 421 g/mol. The molecule has 0 atom stereocenters. The number of rotatable bonds is 8. The van der Waals surface area contributed by atoms with Gasteiger partial charge in [-0.05, 0) is 24.1 Å². The second-order valence-corrected chi connectivity index (χ2v) is 6.86. The smallest absolute Gasteiger partial charge is 0.288 e. The van der Waals surface area contributed by atoms with Gasteiger partial charge < -0.3 is 14.6 Å². The molecule has 3 aromatic rings. The number of halogens is 2. The Balaban J connectivity index is 1.64. The lowest BCUT2D eigenvalue weighted by molar-refractivity contribution is -0.119. The van der Waals surface area contributed by atoms with Crippen LogP contribution in [0, 0.1) is 0 Å². The number of ether oxygens (including phenoxy) is 1. The minimum absolute atomic E-state index is 0.0429. The number of carbonyl (C=O) groups excluding carboxylic acids is 1. The molecule has 0 aliphatic rings. The molecule has 9 nitrogen and oxygen atoms in total. The molecule has 2 aromatic heterocycles. The van der Waals surface area contributed by atoms with Crippen molar-refractivity contribution in [1.82, 2.24) is 19.9 Å². The SMILES string of the molecule is COCC(=O)Nc1cnn(Cc2nc(CCc3ccc(Cl)cc3)no2)c(=O)c1Cl. The third-order valence-corrected chi connectivity index (χ3v) is 4.50. The summed E-state index contributed by atoms with van der Waals surface area (Å²) in [6.07, 6.45) is 2.56. The van der Waals surface area contributed by atoms with Crippen LogP contribution in [0.1, 0.15) is 17.3 Å². The average molecular weight is 438 g/mol. The van der Waals surface area contributed by atoms with Gasteiger partial charge in [-0.15, -0.1) is 0 Å². The molecule has 3 rings (SSSR count). The number of carbonyl (C=O) groups is 1. The van der Waals surface area contributed by atoms with Gasteiger partial charge in [-0.25, -0.2) is 4.68 Å².